The molecule has 0 aromatic heterocycles. The predicted octanol–water partition coefficient (Wildman–Crippen LogP) is 0.767. The van der Waals surface area contributed by atoms with E-state index in [0.29, 0.717) is 19.6 Å². The fourth-order valence-corrected chi connectivity index (χ4v) is 3.66. The van der Waals surface area contributed by atoms with Gasteiger partial charge in [0.2, 0.25) is 10.0 Å². The van der Waals surface area contributed by atoms with Gasteiger partial charge in [0.1, 0.15) is 0 Å². The van der Waals surface area contributed by atoms with Gasteiger partial charge in [-0.3, -0.25) is 4.99 Å². The van der Waals surface area contributed by atoms with E-state index < -0.39 is 10.0 Å². The number of guanidine groups is 1. The zero-order valence-electron chi connectivity index (χ0n) is 12.7. The van der Waals surface area contributed by atoms with Gasteiger partial charge in [-0.25, -0.2) is 12.7 Å². The van der Waals surface area contributed by atoms with E-state index in [4.69, 9.17) is 0 Å². The highest BCUT2D eigenvalue weighted by molar-refractivity contribution is 7.89. The highest BCUT2D eigenvalue weighted by Crippen LogP contribution is 2.11. The molecule has 1 heterocycles. The zero-order chi connectivity index (χ0) is 14.8. The smallest absolute Gasteiger partial charge is 0.214 e. The van der Waals surface area contributed by atoms with Gasteiger partial charge in [0.25, 0.3) is 0 Å². The van der Waals surface area contributed by atoms with Crippen molar-refractivity contribution in [3.05, 3.63) is 0 Å². The van der Waals surface area contributed by atoms with Crippen molar-refractivity contribution < 1.29 is 8.42 Å². The minimum Gasteiger partial charge on any atom is -0.357 e. The summed E-state index contributed by atoms with van der Waals surface area (Å²) in [6, 6.07) is 0. The lowest BCUT2D eigenvalue weighted by Crippen LogP contribution is -2.42. The quantitative estimate of drug-likeness (QED) is 0.395. The summed E-state index contributed by atoms with van der Waals surface area (Å²) in [6.07, 6.45) is 4.21. The Kier molecular flexibility index (Phi) is 7.91. The van der Waals surface area contributed by atoms with Crippen LogP contribution in [0.4, 0.5) is 0 Å². The maximum absolute atomic E-state index is 11.7. The van der Waals surface area contributed by atoms with Crippen LogP contribution in [0.2, 0.25) is 0 Å². The number of hydrogen-bond acceptors (Lipinski definition) is 3. The first kappa shape index (κ1) is 17.2. The number of nitrogens with one attached hydrogen (secondary N) is 2. The molecule has 2 N–H and O–H groups in total. The van der Waals surface area contributed by atoms with Crippen LogP contribution in [0.25, 0.3) is 0 Å². The number of nitrogens with zero attached hydrogens (tertiary/aromatic N) is 2. The summed E-state index contributed by atoms with van der Waals surface area (Å²) in [7, 11) is -2.99. The van der Waals surface area contributed by atoms with Crippen molar-refractivity contribution in [1.29, 1.82) is 0 Å². The average Bonchev–Trinajstić information content (AvgIpc) is 2.74. The minimum absolute atomic E-state index is 0.290. The third-order valence-corrected chi connectivity index (χ3v) is 5.19. The summed E-state index contributed by atoms with van der Waals surface area (Å²) in [6.45, 7) is 7.57. The van der Waals surface area contributed by atoms with E-state index in [9.17, 15) is 8.42 Å². The molecule has 1 saturated heterocycles. The number of sulfonamides is 1. The SMILES string of the molecule is CCCCCN=C(NCC)NCCN1CCCS1(=O)=O. The molecular formula is C13H28N4O2S. The zero-order valence-corrected chi connectivity index (χ0v) is 13.5. The molecular weight excluding hydrogens is 276 g/mol. The molecule has 0 aromatic carbocycles. The van der Waals surface area contributed by atoms with Crippen molar-refractivity contribution >= 4 is 16.0 Å². The van der Waals surface area contributed by atoms with Crippen LogP contribution < -0.4 is 10.6 Å². The Bertz CT molecular complexity index is 395. The van der Waals surface area contributed by atoms with Gasteiger partial charge in [-0.2, -0.15) is 0 Å². The first-order chi connectivity index (χ1) is 9.60. The summed E-state index contributed by atoms with van der Waals surface area (Å²) >= 11 is 0. The Morgan fingerprint density at radius 1 is 1.25 bits per heavy atom. The third-order valence-electron chi connectivity index (χ3n) is 3.23. The van der Waals surface area contributed by atoms with E-state index in [-0.39, 0.29) is 5.75 Å². The van der Waals surface area contributed by atoms with Crippen LogP contribution in [0.1, 0.15) is 39.5 Å². The van der Waals surface area contributed by atoms with E-state index in [0.717, 1.165) is 31.9 Å². The van der Waals surface area contributed by atoms with Crippen LogP contribution in [0.15, 0.2) is 4.99 Å². The monoisotopic (exact) mass is 304 g/mol. The van der Waals surface area contributed by atoms with E-state index >= 15 is 0 Å². The van der Waals surface area contributed by atoms with Crippen molar-refractivity contribution in [3.8, 4) is 0 Å². The van der Waals surface area contributed by atoms with E-state index in [2.05, 4.69) is 22.5 Å². The molecule has 1 rings (SSSR count). The first-order valence-electron chi connectivity index (χ1n) is 7.60. The Morgan fingerprint density at radius 3 is 2.65 bits per heavy atom. The Labute approximate surface area is 123 Å². The van der Waals surface area contributed by atoms with Gasteiger partial charge >= 0.3 is 0 Å². The highest BCUT2D eigenvalue weighted by Gasteiger charge is 2.27. The van der Waals surface area contributed by atoms with Crippen LogP contribution in [0, 0.1) is 0 Å². The molecule has 0 amide bonds. The van der Waals surface area contributed by atoms with Gasteiger partial charge in [0, 0.05) is 32.7 Å². The topological polar surface area (TPSA) is 73.8 Å². The number of hydrogen-bond donors (Lipinski definition) is 2. The fraction of sp³-hybridized carbons (Fsp3) is 0.923. The van der Waals surface area contributed by atoms with E-state index in [1.165, 1.54) is 12.8 Å². The number of unbranched alkanes of at least 4 members (excludes halogenated alkanes) is 2. The molecule has 0 unspecified atom stereocenters. The molecule has 0 spiro atoms. The lowest BCUT2D eigenvalue weighted by atomic mass is 10.2. The molecule has 6 nitrogen and oxygen atoms in total. The van der Waals surface area contributed by atoms with E-state index in [1.54, 1.807) is 4.31 Å². The third kappa shape index (κ3) is 6.09. The number of rotatable bonds is 8. The standard InChI is InChI=1S/C13H28N4O2S/c1-3-5-6-8-15-13(14-4-2)16-9-11-17-10-7-12-20(17,18)19/h3-12H2,1-2H3,(H2,14,15,16). The first-order valence-corrected chi connectivity index (χ1v) is 9.21. The lowest BCUT2D eigenvalue weighted by Gasteiger charge is -2.16. The average molecular weight is 304 g/mol. The molecule has 1 aliphatic heterocycles. The van der Waals surface area contributed by atoms with Gasteiger partial charge in [-0.05, 0) is 19.8 Å². The summed E-state index contributed by atoms with van der Waals surface area (Å²) in [5.74, 6) is 1.07. The van der Waals surface area contributed by atoms with Crippen LogP contribution in [-0.4, -0.2) is 57.2 Å². The summed E-state index contributed by atoms with van der Waals surface area (Å²) in [5.41, 5.74) is 0. The van der Waals surface area contributed by atoms with Crippen molar-refractivity contribution in [3.63, 3.8) is 0 Å². The fourth-order valence-electron chi connectivity index (χ4n) is 2.14. The Morgan fingerprint density at radius 2 is 2.05 bits per heavy atom. The van der Waals surface area contributed by atoms with Crippen molar-refractivity contribution in [2.45, 2.75) is 39.5 Å². The lowest BCUT2D eigenvalue weighted by molar-refractivity contribution is 0.445. The van der Waals surface area contributed by atoms with Crippen molar-refractivity contribution in [2.24, 2.45) is 4.99 Å². The molecule has 118 valence electrons. The number of aliphatic imine (C=N–C) groups is 1. The second-order valence-corrected chi connectivity index (χ2v) is 7.05. The van der Waals surface area contributed by atoms with Gasteiger partial charge in [-0.15, -0.1) is 0 Å². The molecule has 0 radical (unpaired) electrons. The van der Waals surface area contributed by atoms with Gasteiger partial charge in [-0.1, -0.05) is 19.8 Å². The van der Waals surface area contributed by atoms with Crippen molar-refractivity contribution in [1.82, 2.24) is 14.9 Å². The predicted molar refractivity (Wildman–Crippen MR) is 83.5 cm³/mol. The molecule has 7 heteroatoms. The maximum Gasteiger partial charge on any atom is 0.214 e. The Hall–Kier alpha value is -0.820. The second kappa shape index (κ2) is 9.18. The van der Waals surface area contributed by atoms with Crippen LogP contribution in [-0.2, 0) is 10.0 Å². The summed E-state index contributed by atoms with van der Waals surface area (Å²) in [4.78, 5) is 4.48. The van der Waals surface area contributed by atoms with Gasteiger partial charge in [0.15, 0.2) is 5.96 Å². The summed E-state index contributed by atoms with van der Waals surface area (Å²) < 4.78 is 24.9. The van der Waals surface area contributed by atoms with Crippen molar-refractivity contribution in [2.75, 3.05) is 38.5 Å². The van der Waals surface area contributed by atoms with Crippen LogP contribution in [0.5, 0.6) is 0 Å². The van der Waals surface area contributed by atoms with Gasteiger partial charge in [0.05, 0.1) is 5.75 Å². The van der Waals surface area contributed by atoms with E-state index in [1.807, 2.05) is 6.92 Å². The minimum atomic E-state index is -2.99. The van der Waals surface area contributed by atoms with Crippen LogP contribution in [0.3, 0.4) is 0 Å². The highest BCUT2D eigenvalue weighted by atomic mass is 32.2. The molecule has 0 bridgehead atoms. The molecule has 0 aromatic rings. The molecule has 1 fully saturated rings. The largest absolute Gasteiger partial charge is 0.357 e. The summed E-state index contributed by atoms with van der Waals surface area (Å²) in [5, 5.41) is 6.37. The normalized spacial score (nSPS) is 19.2. The molecule has 20 heavy (non-hydrogen) atoms. The molecule has 0 atom stereocenters. The Balaban J connectivity index is 2.31. The van der Waals surface area contributed by atoms with Gasteiger partial charge < -0.3 is 10.6 Å². The maximum atomic E-state index is 11.7. The molecule has 0 saturated carbocycles. The van der Waals surface area contributed by atoms with Crippen LogP contribution >= 0.6 is 0 Å². The molecule has 0 aliphatic carbocycles. The second-order valence-electron chi connectivity index (χ2n) is 4.96. The molecule has 1 aliphatic rings.